The van der Waals surface area contributed by atoms with Crippen molar-refractivity contribution in [2.75, 3.05) is 26.7 Å². The summed E-state index contributed by atoms with van der Waals surface area (Å²) in [5.74, 6) is 0.0901. The number of carbonyl (C=O) groups is 2. The molecule has 19 heavy (non-hydrogen) atoms. The van der Waals surface area contributed by atoms with Crippen molar-refractivity contribution in [1.82, 2.24) is 10.2 Å². The molecule has 1 amide bonds. The maximum Gasteiger partial charge on any atom is 0.325 e. The van der Waals surface area contributed by atoms with Crippen LogP contribution in [0.15, 0.2) is 16.7 Å². The van der Waals surface area contributed by atoms with Gasteiger partial charge < -0.3 is 19.4 Å². The van der Waals surface area contributed by atoms with E-state index in [1.807, 2.05) is 6.07 Å². The molecule has 0 saturated heterocycles. The van der Waals surface area contributed by atoms with E-state index in [0.29, 0.717) is 25.3 Å². The Morgan fingerprint density at radius 1 is 1.63 bits per heavy atom. The maximum absolute atomic E-state index is 12.4. The van der Waals surface area contributed by atoms with Crippen LogP contribution in [0.2, 0.25) is 0 Å². The molecule has 1 atom stereocenters. The number of fused-ring (bicyclic) bond motifs is 1. The van der Waals surface area contributed by atoms with Crippen LogP contribution in [0, 0.1) is 0 Å². The lowest BCUT2D eigenvalue weighted by molar-refractivity contribution is -0.149. The van der Waals surface area contributed by atoms with E-state index >= 15 is 0 Å². The molecule has 104 valence electrons. The first-order valence-corrected chi connectivity index (χ1v) is 6.35. The minimum absolute atomic E-state index is 0.0187. The third kappa shape index (κ3) is 2.78. The Morgan fingerprint density at radius 2 is 2.42 bits per heavy atom. The first-order valence-electron chi connectivity index (χ1n) is 6.35. The smallest absolute Gasteiger partial charge is 0.325 e. The highest BCUT2D eigenvalue weighted by molar-refractivity contribution is 5.87. The van der Waals surface area contributed by atoms with Gasteiger partial charge in [0.1, 0.15) is 18.3 Å². The molecule has 1 aromatic heterocycles. The monoisotopic (exact) mass is 266 g/mol. The fourth-order valence-corrected chi connectivity index (χ4v) is 2.24. The predicted molar refractivity (Wildman–Crippen MR) is 67.4 cm³/mol. The fraction of sp³-hybridized carbons (Fsp3) is 0.538. The summed E-state index contributed by atoms with van der Waals surface area (Å²) in [7, 11) is 1.70. The molecule has 1 aromatic rings. The van der Waals surface area contributed by atoms with E-state index in [-0.39, 0.29) is 18.4 Å². The SMILES string of the molecule is CCOC(=O)CN1CCc2ccoc2C(NC)C1=O. The number of hydrogen-bond acceptors (Lipinski definition) is 5. The Bertz CT molecular complexity index is 469. The van der Waals surface area contributed by atoms with Crippen LogP contribution in [0.1, 0.15) is 24.3 Å². The summed E-state index contributed by atoms with van der Waals surface area (Å²) in [4.78, 5) is 25.4. The average Bonchev–Trinajstić information content (AvgIpc) is 2.79. The van der Waals surface area contributed by atoms with Gasteiger partial charge in [0.2, 0.25) is 5.91 Å². The van der Waals surface area contributed by atoms with Crippen LogP contribution in [-0.2, 0) is 20.7 Å². The highest BCUT2D eigenvalue weighted by atomic mass is 16.5. The minimum Gasteiger partial charge on any atom is -0.467 e. The summed E-state index contributed by atoms with van der Waals surface area (Å²) < 4.78 is 10.3. The van der Waals surface area contributed by atoms with E-state index in [9.17, 15) is 9.59 Å². The van der Waals surface area contributed by atoms with E-state index in [0.717, 1.165) is 5.56 Å². The zero-order valence-corrected chi connectivity index (χ0v) is 11.1. The van der Waals surface area contributed by atoms with Crippen molar-refractivity contribution in [2.24, 2.45) is 0 Å². The van der Waals surface area contributed by atoms with Gasteiger partial charge in [0.05, 0.1) is 12.9 Å². The van der Waals surface area contributed by atoms with E-state index in [2.05, 4.69) is 5.32 Å². The lowest BCUT2D eigenvalue weighted by Gasteiger charge is -2.22. The number of likely N-dealkylation sites (N-methyl/N-ethyl adjacent to an activating group) is 1. The third-order valence-corrected chi connectivity index (χ3v) is 3.17. The van der Waals surface area contributed by atoms with Crippen molar-refractivity contribution >= 4 is 11.9 Å². The Morgan fingerprint density at radius 3 is 3.11 bits per heavy atom. The van der Waals surface area contributed by atoms with Gasteiger partial charge in [-0.05, 0) is 32.0 Å². The van der Waals surface area contributed by atoms with Gasteiger partial charge in [0, 0.05) is 6.54 Å². The van der Waals surface area contributed by atoms with E-state index in [1.54, 1.807) is 20.2 Å². The van der Waals surface area contributed by atoms with Crippen molar-refractivity contribution < 1.29 is 18.7 Å². The Hall–Kier alpha value is -1.82. The van der Waals surface area contributed by atoms with Crippen molar-refractivity contribution in [3.8, 4) is 0 Å². The summed E-state index contributed by atoms with van der Waals surface area (Å²) in [5, 5.41) is 2.93. The highest BCUT2D eigenvalue weighted by Gasteiger charge is 2.33. The van der Waals surface area contributed by atoms with E-state index in [4.69, 9.17) is 9.15 Å². The Labute approximate surface area is 111 Å². The zero-order valence-electron chi connectivity index (χ0n) is 11.1. The second-order valence-electron chi connectivity index (χ2n) is 4.35. The molecule has 2 rings (SSSR count). The van der Waals surface area contributed by atoms with Crippen LogP contribution >= 0.6 is 0 Å². The molecular formula is C13H18N2O4. The Kier molecular flexibility index (Phi) is 4.21. The average molecular weight is 266 g/mol. The molecule has 6 heteroatoms. The number of hydrogen-bond donors (Lipinski definition) is 1. The second-order valence-corrected chi connectivity index (χ2v) is 4.35. The molecule has 0 bridgehead atoms. The van der Waals surface area contributed by atoms with Crippen molar-refractivity contribution in [3.05, 3.63) is 23.7 Å². The van der Waals surface area contributed by atoms with Gasteiger partial charge >= 0.3 is 5.97 Å². The normalized spacial score (nSPS) is 18.9. The summed E-state index contributed by atoms with van der Waals surface area (Å²) in [6.45, 7) is 2.53. The molecule has 1 unspecified atom stereocenters. The number of nitrogens with one attached hydrogen (secondary N) is 1. The third-order valence-electron chi connectivity index (χ3n) is 3.17. The number of carbonyl (C=O) groups excluding carboxylic acids is 2. The molecule has 0 aromatic carbocycles. The number of amides is 1. The van der Waals surface area contributed by atoms with Gasteiger partial charge in [0.15, 0.2) is 0 Å². The molecule has 0 saturated carbocycles. The molecule has 1 aliphatic heterocycles. The first kappa shape index (κ1) is 13.6. The van der Waals surface area contributed by atoms with Gasteiger partial charge in [0.25, 0.3) is 0 Å². The van der Waals surface area contributed by atoms with E-state index in [1.165, 1.54) is 4.90 Å². The molecule has 1 aliphatic rings. The fourth-order valence-electron chi connectivity index (χ4n) is 2.24. The predicted octanol–water partition coefficient (Wildman–Crippen LogP) is 0.488. The number of furan rings is 1. The molecule has 0 radical (unpaired) electrons. The van der Waals surface area contributed by atoms with Crippen LogP contribution in [0.25, 0.3) is 0 Å². The van der Waals surface area contributed by atoms with Crippen LogP contribution in [0.4, 0.5) is 0 Å². The van der Waals surface area contributed by atoms with Crippen LogP contribution in [-0.4, -0.2) is 43.5 Å². The summed E-state index contributed by atoms with van der Waals surface area (Å²) >= 11 is 0. The number of esters is 1. The molecule has 0 aliphatic carbocycles. The van der Waals surface area contributed by atoms with Crippen molar-refractivity contribution in [3.63, 3.8) is 0 Å². The highest BCUT2D eigenvalue weighted by Crippen LogP contribution is 2.25. The topological polar surface area (TPSA) is 71.8 Å². The summed E-state index contributed by atoms with van der Waals surface area (Å²) in [6.07, 6.45) is 2.26. The van der Waals surface area contributed by atoms with Gasteiger partial charge in [-0.15, -0.1) is 0 Å². The summed E-state index contributed by atoms with van der Waals surface area (Å²) in [5.41, 5.74) is 0.999. The molecule has 2 heterocycles. The quantitative estimate of drug-likeness (QED) is 0.803. The Balaban J connectivity index is 2.15. The standard InChI is InChI=1S/C13H18N2O4/c1-3-18-10(16)8-15-6-4-9-5-7-19-12(9)11(14-2)13(15)17/h5,7,11,14H,3-4,6,8H2,1-2H3. The maximum atomic E-state index is 12.4. The zero-order chi connectivity index (χ0) is 13.8. The van der Waals surface area contributed by atoms with Crippen LogP contribution < -0.4 is 5.32 Å². The minimum atomic E-state index is -0.540. The van der Waals surface area contributed by atoms with Crippen LogP contribution in [0.5, 0.6) is 0 Å². The number of nitrogens with zero attached hydrogens (tertiary/aromatic N) is 1. The molecule has 1 N–H and O–H groups in total. The van der Waals surface area contributed by atoms with Gasteiger partial charge in [-0.3, -0.25) is 9.59 Å². The molecule has 0 fully saturated rings. The van der Waals surface area contributed by atoms with Crippen LogP contribution in [0.3, 0.4) is 0 Å². The van der Waals surface area contributed by atoms with E-state index < -0.39 is 6.04 Å². The first-order chi connectivity index (χ1) is 9.17. The summed E-state index contributed by atoms with van der Waals surface area (Å²) in [6, 6.07) is 1.32. The molecule has 0 spiro atoms. The molecular weight excluding hydrogens is 248 g/mol. The van der Waals surface area contributed by atoms with Gasteiger partial charge in [-0.2, -0.15) is 0 Å². The lowest BCUT2D eigenvalue weighted by atomic mass is 10.1. The largest absolute Gasteiger partial charge is 0.467 e. The number of ether oxygens (including phenoxy) is 1. The molecule has 6 nitrogen and oxygen atoms in total. The van der Waals surface area contributed by atoms with Gasteiger partial charge in [-0.1, -0.05) is 0 Å². The van der Waals surface area contributed by atoms with Crippen molar-refractivity contribution in [1.29, 1.82) is 0 Å². The second kappa shape index (κ2) is 5.88. The lowest BCUT2D eigenvalue weighted by Crippen LogP contribution is -2.42. The number of rotatable bonds is 4. The van der Waals surface area contributed by atoms with Crippen molar-refractivity contribution in [2.45, 2.75) is 19.4 Å². The van der Waals surface area contributed by atoms with Gasteiger partial charge in [-0.25, -0.2) is 0 Å².